The zero-order valence-corrected chi connectivity index (χ0v) is 15.5. The van der Waals surface area contributed by atoms with Crippen molar-refractivity contribution in [2.24, 2.45) is 0 Å². The lowest BCUT2D eigenvalue weighted by Crippen LogP contribution is -1.86. The van der Waals surface area contributed by atoms with Crippen molar-refractivity contribution in [3.05, 3.63) is 97.3 Å². The van der Waals surface area contributed by atoms with Crippen LogP contribution in [0.3, 0.4) is 0 Å². The van der Waals surface area contributed by atoms with Gasteiger partial charge >= 0.3 is 0 Å². The van der Waals surface area contributed by atoms with E-state index in [0.29, 0.717) is 0 Å². The van der Waals surface area contributed by atoms with Crippen molar-refractivity contribution in [1.29, 1.82) is 0 Å². The van der Waals surface area contributed by atoms with Gasteiger partial charge in [-0.2, -0.15) is 0 Å². The van der Waals surface area contributed by atoms with Crippen molar-refractivity contribution < 1.29 is 4.42 Å². The molecule has 0 N–H and O–H groups in total. The van der Waals surface area contributed by atoms with Crippen LogP contribution in [-0.4, -0.2) is 9.97 Å². The summed E-state index contributed by atoms with van der Waals surface area (Å²) in [6.45, 7) is 0. The van der Waals surface area contributed by atoms with Crippen LogP contribution in [0.4, 0.5) is 0 Å². The fourth-order valence-corrected chi connectivity index (χ4v) is 4.12. The largest absolute Gasteiger partial charge is 0.455 e. The summed E-state index contributed by atoms with van der Waals surface area (Å²) in [7, 11) is 0. The van der Waals surface area contributed by atoms with E-state index in [9.17, 15) is 0 Å². The second-order valence-corrected chi connectivity index (χ2v) is 7.06. The number of nitrogens with zero attached hydrogens (tertiary/aromatic N) is 2. The first-order valence-electron chi connectivity index (χ1n) is 9.60. The molecule has 0 amide bonds. The maximum atomic E-state index is 6.37. The molecule has 136 valence electrons. The van der Waals surface area contributed by atoms with Crippen LogP contribution in [0.5, 0.6) is 0 Å². The second-order valence-electron chi connectivity index (χ2n) is 7.06. The van der Waals surface area contributed by atoms with E-state index >= 15 is 0 Å². The topological polar surface area (TPSA) is 38.9 Å². The van der Waals surface area contributed by atoms with E-state index < -0.39 is 0 Å². The Balaban J connectivity index is 1.80. The average molecular weight is 372 g/mol. The summed E-state index contributed by atoms with van der Waals surface area (Å²) in [5.74, 6) is 0. The second kappa shape index (κ2) is 6.28. The summed E-state index contributed by atoms with van der Waals surface area (Å²) < 4.78 is 6.37. The van der Waals surface area contributed by atoms with Crippen LogP contribution in [0, 0.1) is 0 Å². The zero-order valence-electron chi connectivity index (χ0n) is 15.5. The van der Waals surface area contributed by atoms with Gasteiger partial charge in [0, 0.05) is 39.7 Å². The van der Waals surface area contributed by atoms with Crippen LogP contribution in [0.2, 0.25) is 0 Å². The number of aromatic nitrogens is 2. The summed E-state index contributed by atoms with van der Waals surface area (Å²) >= 11 is 0. The number of benzene rings is 3. The van der Waals surface area contributed by atoms with Gasteiger partial charge in [0.2, 0.25) is 0 Å². The predicted octanol–water partition coefficient (Wildman–Crippen LogP) is 6.86. The van der Waals surface area contributed by atoms with Crippen LogP contribution < -0.4 is 0 Å². The number of fused-ring (bicyclic) bond motifs is 5. The van der Waals surface area contributed by atoms with E-state index in [1.165, 1.54) is 0 Å². The van der Waals surface area contributed by atoms with Gasteiger partial charge < -0.3 is 4.42 Å². The van der Waals surface area contributed by atoms with Gasteiger partial charge in [0.1, 0.15) is 11.2 Å². The molecule has 6 rings (SSSR count). The van der Waals surface area contributed by atoms with E-state index in [2.05, 4.69) is 52.4 Å². The Morgan fingerprint density at radius 2 is 1.24 bits per heavy atom. The molecule has 0 atom stereocenters. The summed E-state index contributed by atoms with van der Waals surface area (Å²) in [5.41, 5.74) is 5.84. The minimum Gasteiger partial charge on any atom is -0.455 e. The third-order valence-corrected chi connectivity index (χ3v) is 5.38. The van der Waals surface area contributed by atoms with Gasteiger partial charge in [-0.1, -0.05) is 48.5 Å². The molecule has 0 spiro atoms. The Morgan fingerprint density at radius 1 is 0.552 bits per heavy atom. The van der Waals surface area contributed by atoms with Crippen LogP contribution in [0.1, 0.15) is 0 Å². The monoisotopic (exact) mass is 372 g/mol. The number of furan rings is 1. The Morgan fingerprint density at radius 3 is 1.97 bits per heavy atom. The average Bonchev–Trinajstić information content (AvgIpc) is 3.19. The number of hydrogen-bond acceptors (Lipinski definition) is 3. The van der Waals surface area contributed by atoms with E-state index in [4.69, 9.17) is 4.42 Å². The molecule has 3 aromatic heterocycles. The standard InChI is InChI=1S/C26H16N2O/c1-2-9-18-17(8-1)20(23-12-4-6-15-28-23)16-21-25-19(22-11-3-5-14-27-22)10-7-13-24(25)29-26(18)21/h1-16H. The summed E-state index contributed by atoms with van der Waals surface area (Å²) in [4.78, 5) is 9.18. The Hall–Kier alpha value is -3.98. The molecule has 0 saturated carbocycles. The molecular weight excluding hydrogens is 356 g/mol. The molecule has 0 saturated heterocycles. The zero-order chi connectivity index (χ0) is 19.2. The Kier molecular flexibility index (Phi) is 3.47. The van der Waals surface area contributed by atoms with Gasteiger partial charge in [0.25, 0.3) is 0 Å². The maximum absolute atomic E-state index is 6.37. The smallest absolute Gasteiger partial charge is 0.143 e. The Bertz CT molecular complexity index is 1490. The molecule has 3 nitrogen and oxygen atoms in total. The van der Waals surface area contributed by atoms with Crippen LogP contribution in [0.25, 0.3) is 55.2 Å². The lowest BCUT2D eigenvalue weighted by atomic mass is 9.96. The van der Waals surface area contributed by atoms with Gasteiger partial charge in [0.15, 0.2) is 0 Å². The van der Waals surface area contributed by atoms with Crippen LogP contribution in [-0.2, 0) is 0 Å². The van der Waals surface area contributed by atoms with Crippen LogP contribution >= 0.6 is 0 Å². The summed E-state index contributed by atoms with van der Waals surface area (Å²) in [6.07, 6.45) is 3.66. The normalized spacial score (nSPS) is 11.4. The molecule has 3 heterocycles. The van der Waals surface area contributed by atoms with Crippen molar-refractivity contribution in [1.82, 2.24) is 9.97 Å². The van der Waals surface area contributed by atoms with E-state index in [-0.39, 0.29) is 0 Å². The quantitative estimate of drug-likeness (QED) is 0.333. The van der Waals surface area contributed by atoms with Crippen molar-refractivity contribution in [3.8, 4) is 22.5 Å². The highest BCUT2D eigenvalue weighted by Gasteiger charge is 2.18. The molecule has 3 aromatic carbocycles. The fourth-order valence-electron chi connectivity index (χ4n) is 4.12. The van der Waals surface area contributed by atoms with Gasteiger partial charge in [-0.05, 0) is 41.8 Å². The summed E-state index contributed by atoms with van der Waals surface area (Å²) in [6, 6.07) is 28.7. The van der Waals surface area contributed by atoms with E-state index in [1.54, 1.807) is 0 Å². The highest BCUT2D eigenvalue weighted by Crippen LogP contribution is 2.42. The first-order valence-corrected chi connectivity index (χ1v) is 9.60. The lowest BCUT2D eigenvalue weighted by Gasteiger charge is -2.08. The van der Waals surface area contributed by atoms with E-state index in [1.807, 2.05) is 54.9 Å². The molecule has 0 aliphatic heterocycles. The minimum atomic E-state index is 0.867. The third-order valence-electron chi connectivity index (χ3n) is 5.38. The molecule has 0 unspecified atom stereocenters. The van der Waals surface area contributed by atoms with Crippen molar-refractivity contribution in [2.45, 2.75) is 0 Å². The van der Waals surface area contributed by atoms with Gasteiger partial charge in [-0.25, -0.2) is 0 Å². The fraction of sp³-hybridized carbons (Fsp3) is 0. The first-order chi connectivity index (χ1) is 14.4. The predicted molar refractivity (Wildman–Crippen MR) is 118 cm³/mol. The molecular formula is C26H16N2O. The van der Waals surface area contributed by atoms with Gasteiger partial charge in [-0.15, -0.1) is 0 Å². The highest BCUT2D eigenvalue weighted by atomic mass is 16.3. The highest BCUT2D eigenvalue weighted by molar-refractivity contribution is 6.21. The molecule has 0 aliphatic rings. The van der Waals surface area contributed by atoms with Crippen molar-refractivity contribution in [2.75, 3.05) is 0 Å². The van der Waals surface area contributed by atoms with Crippen LogP contribution in [0.15, 0.2) is 102 Å². The molecule has 6 aromatic rings. The third kappa shape index (κ3) is 2.44. The number of pyridine rings is 2. The molecule has 3 heteroatoms. The van der Waals surface area contributed by atoms with Crippen molar-refractivity contribution in [3.63, 3.8) is 0 Å². The number of hydrogen-bond donors (Lipinski definition) is 0. The minimum absolute atomic E-state index is 0.867. The summed E-state index contributed by atoms with van der Waals surface area (Å²) in [5, 5.41) is 4.40. The molecule has 0 fully saturated rings. The lowest BCUT2D eigenvalue weighted by molar-refractivity contribution is 0.673. The molecule has 0 bridgehead atoms. The van der Waals surface area contributed by atoms with E-state index in [0.717, 1.165) is 55.2 Å². The first kappa shape index (κ1) is 16.0. The molecule has 29 heavy (non-hydrogen) atoms. The van der Waals surface area contributed by atoms with Gasteiger partial charge in [0.05, 0.1) is 11.4 Å². The molecule has 0 radical (unpaired) electrons. The Labute approximate surface area is 167 Å². The number of rotatable bonds is 2. The molecule has 0 aliphatic carbocycles. The maximum Gasteiger partial charge on any atom is 0.143 e. The SMILES string of the molecule is c1ccc(-c2cc3c(oc4cccc(-c5ccccn5)c43)c3ccccc23)nc1. The van der Waals surface area contributed by atoms with Gasteiger partial charge in [-0.3, -0.25) is 9.97 Å². The van der Waals surface area contributed by atoms with Crippen molar-refractivity contribution >= 4 is 32.7 Å².